The standard InChI is InChI=1S/C6H13N3O3/c1-3-12-6(10)8-4(2)5(7)9-11/h4,11H,3H2,1-2H3,(H2,7,9)(H,8,10). The number of ether oxygens (including phenoxy) is 1. The number of rotatable bonds is 3. The third kappa shape index (κ3) is 3.65. The summed E-state index contributed by atoms with van der Waals surface area (Å²) in [5.41, 5.74) is 5.19. The van der Waals surface area contributed by atoms with Gasteiger partial charge in [0.2, 0.25) is 0 Å². The summed E-state index contributed by atoms with van der Waals surface area (Å²) in [6.07, 6.45) is -0.586. The predicted molar refractivity (Wildman–Crippen MR) is 43.0 cm³/mol. The summed E-state index contributed by atoms with van der Waals surface area (Å²) in [6.45, 7) is 3.55. The van der Waals surface area contributed by atoms with Crippen molar-refractivity contribution in [1.29, 1.82) is 0 Å². The minimum absolute atomic E-state index is 0.0666. The Morgan fingerprint density at radius 3 is 2.83 bits per heavy atom. The van der Waals surface area contributed by atoms with Gasteiger partial charge in [-0.15, -0.1) is 0 Å². The van der Waals surface area contributed by atoms with E-state index in [9.17, 15) is 4.79 Å². The van der Waals surface area contributed by atoms with Gasteiger partial charge in [0.15, 0.2) is 5.84 Å². The highest BCUT2D eigenvalue weighted by Gasteiger charge is 2.10. The smallest absolute Gasteiger partial charge is 0.407 e. The molecule has 0 aliphatic heterocycles. The van der Waals surface area contributed by atoms with E-state index in [0.29, 0.717) is 0 Å². The molecule has 1 amide bonds. The van der Waals surface area contributed by atoms with Crippen LogP contribution in [0.15, 0.2) is 5.16 Å². The number of nitrogens with one attached hydrogen (secondary N) is 1. The van der Waals surface area contributed by atoms with E-state index < -0.39 is 12.1 Å². The van der Waals surface area contributed by atoms with Crippen LogP contribution in [-0.2, 0) is 4.74 Å². The monoisotopic (exact) mass is 175 g/mol. The average Bonchev–Trinajstić information content (AvgIpc) is 2.03. The minimum atomic E-state index is -0.586. The molecule has 0 fully saturated rings. The molecule has 1 unspecified atom stereocenters. The van der Waals surface area contributed by atoms with E-state index in [4.69, 9.17) is 10.9 Å². The molecule has 1 atom stereocenters. The highest BCUT2D eigenvalue weighted by Crippen LogP contribution is 1.84. The summed E-state index contributed by atoms with van der Waals surface area (Å²) >= 11 is 0. The molecule has 6 nitrogen and oxygen atoms in total. The molecular formula is C6H13N3O3. The molecule has 0 aliphatic carbocycles. The number of oxime groups is 1. The van der Waals surface area contributed by atoms with Crippen LogP contribution in [0, 0.1) is 0 Å². The van der Waals surface area contributed by atoms with Crippen molar-refractivity contribution in [2.75, 3.05) is 6.61 Å². The Balaban J connectivity index is 3.84. The first-order chi connectivity index (χ1) is 5.61. The first-order valence-corrected chi connectivity index (χ1v) is 3.52. The fourth-order valence-corrected chi connectivity index (χ4v) is 0.510. The van der Waals surface area contributed by atoms with Gasteiger partial charge in [-0.3, -0.25) is 0 Å². The van der Waals surface area contributed by atoms with Crippen molar-refractivity contribution in [3.05, 3.63) is 0 Å². The molecule has 70 valence electrons. The molecule has 0 radical (unpaired) electrons. The van der Waals surface area contributed by atoms with Crippen LogP contribution in [0.4, 0.5) is 4.79 Å². The van der Waals surface area contributed by atoms with E-state index in [1.807, 2.05) is 0 Å². The molecule has 4 N–H and O–H groups in total. The minimum Gasteiger partial charge on any atom is -0.450 e. The third-order valence-corrected chi connectivity index (χ3v) is 1.17. The van der Waals surface area contributed by atoms with Crippen molar-refractivity contribution in [2.24, 2.45) is 10.9 Å². The van der Waals surface area contributed by atoms with Gasteiger partial charge in [-0.25, -0.2) is 4.79 Å². The topological polar surface area (TPSA) is 96.9 Å². The second-order valence-electron chi connectivity index (χ2n) is 2.11. The fraction of sp³-hybridized carbons (Fsp3) is 0.667. The van der Waals surface area contributed by atoms with E-state index in [-0.39, 0.29) is 12.4 Å². The number of nitrogens with zero attached hydrogens (tertiary/aromatic N) is 1. The van der Waals surface area contributed by atoms with Crippen molar-refractivity contribution in [3.63, 3.8) is 0 Å². The molecule has 0 rings (SSSR count). The lowest BCUT2D eigenvalue weighted by Gasteiger charge is -2.10. The number of carbonyl (C=O) groups excluding carboxylic acids is 1. The lowest BCUT2D eigenvalue weighted by atomic mass is 10.3. The normalized spacial score (nSPS) is 13.7. The summed E-state index contributed by atoms with van der Waals surface area (Å²) in [5, 5.41) is 13.3. The first kappa shape index (κ1) is 10.5. The third-order valence-electron chi connectivity index (χ3n) is 1.17. The number of alkyl carbamates (subject to hydrolysis) is 1. The van der Waals surface area contributed by atoms with E-state index in [1.54, 1.807) is 13.8 Å². The molecule has 0 saturated heterocycles. The van der Waals surface area contributed by atoms with Gasteiger partial charge >= 0.3 is 6.09 Å². The number of amides is 1. The molecule has 0 aromatic heterocycles. The van der Waals surface area contributed by atoms with E-state index in [2.05, 4.69) is 15.2 Å². The molecule has 0 bridgehead atoms. The summed E-state index contributed by atoms with van der Waals surface area (Å²) in [5.74, 6) is -0.0666. The fourth-order valence-electron chi connectivity index (χ4n) is 0.510. The maximum atomic E-state index is 10.7. The van der Waals surface area contributed by atoms with Gasteiger partial charge in [0.1, 0.15) is 0 Å². The summed E-state index contributed by atoms with van der Waals surface area (Å²) in [4.78, 5) is 10.7. The molecule has 0 aromatic carbocycles. The Morgan fingerprint density at radius 1 is 1.83 bits per heavy atom. The van der Waals surface area contributed by atoms with Crippen LogP contribution in [0.1, 0.15) is 13.8 Å². The summed E-state index contributed by atoms with van der Waals surface area (Å²) < 4.78 is 4.56. The maximum absolute atomic E-state index is 10.7. The molecule has 0 heterocycles. The number of carbonyl (C=O) groups is 1. The van der Waals surface area contributed by atoms with E-state index >= 15 is 0 Å². The van der Waals surface area contributed by atoms with Gasteiger partial charge < -0.3 is 21.0 Å². The number of nitrogens with two attached hydrogens (primary N) is 1. The van der Waals surface area contributed by atoms with Gasteiger partial charge in [-0.05, 0) is 13.8 Å². The van der Waals surface area contributed by atoms with Gasteiger partial charge in [-0.2, -0.15) is 0 Å². The van der Waals surface area contributed by atoms with Gasteiger partial charge in [-0.1, -0.05) is 5.16 Å². The molecule has 6 heteroatoms. The van der Waals surface area contributed by atoms with Crippen molar-refractivity contribution in [2.45, 2.75) is 19.9 Å². The van der Waals surface area contributed by atoms with Crippen LogP contribution >= 0.6 is 0 Å². The zero-order chi connectivity index (χ0) is 9.56. The van der Waals surface area contributed by atoms with E-state index in [0.717, 1.165) is 0 Å². The molecular weight excluding hydrogens is 162 g/mol. The average molecular weight is 175 g/mol. The highest BCUT2D eigenvalue weighted by atomic mass is 16.5. The Hall–Kier alpha value is -1.46. The Labute approximate surface area is 70.4 Å². The van der Waals surface area contributed by atoms with Crippen molar-refractivity contribution in [3.8, 4) is 0 Å². The second-order valence-corrected chi connectivity index (χ2v) is 2.11. The van der Waals surface area contributed by atoms with Crippen LogP contribution in [0.3, 0.4) is 0 Å². The van der Waals surface area contributed by atoms with Crippen LogP contribution in [0.2, 0.25) is 0 Å². The SMILES string of the molecule is CCOC(=O)NC(C)/C(N)=N/O. The first-order valence-electron chi connectivity index (χ1n) is 3.52. The Morgan fingerprint density at radius 2 is 2.42 bits per heavy atom. The van der Waals surface area contributed by atoms with Crippen LogP contribution in [-0.4, -0.2) is 29.8 Å². The zero-order valence-electron chi connectivity index (χ0n) is 7.07. The largest absolute Gasteiger partial charge is 0.450 e. The van der Waals surface area contributed by atoms with Gasteiger partial charge in [0, 0.05) is 0 Å². The van der Waals surface area contributed by atoms with Gasteiger partial charge in [0.25, 0.3) is 0 Å². The highest BCUT2D eigenvalue weighted by molar-refractivity contribution is 5.87. The molecule has 0 spiro atoms. The Bertz CT molecular complexity index is 181. The predicted octanol–water partition coefficient (Wildman–Crippen LogP) is -0.133. The quantitative estimate of drug-likeness (QED) is 0.241. The lowest BCUT2D eigenvalue weighted by Crippen LogP contribution is -2.42. The van der Waals surface area contributed by atoms with Crippen LogP contribution < -0.4 is 11.1 Å². The van der Waals surface area contributed by atoms with Crippen molar-refractivity contribution in [1.82, 2.24) is 5.32 Å². The summed E-state index contributed by atoms with van der Waals surface area (Å²) in [6, 6.07) is -0.533. The summed E-state index contributed by atoms with van der Waals surface area (Å²) in [7, 11) is 0. The molecule has 0 aromatic rings. The van der Waals surface area contributed by atoms with Crippen LogP contribution in [0.25, 0.3) is 0 Å². The van der Waals surface area contributed by atoms with Crippen molar-refractivity contribution < 1.29 is 14.7 Å². The maximum Gasteiger partial charge on any atom is 0.407 e. The second kappa shape index (κ2) is 5.22. The molecule has 0 saturated carbocycles. The van der Waals surface area contributed by atoms with Crippen molar-refractivity contribution >= 4 is 11.9 Å². The number of amidine groups is 1. The zero-order valence-corrected chi connectivity index (χ0v) is 7.07. The Kier molecular flexibility index (Phi) is 4.59. The van der Waals surface area contributed by atoms with Gasteiger partial charge in [0.05, 0.1) is 12.6 Å². The number of hydrogen-bond acceptors (Lipinski definition) is 4. The molecule has 0 aliphatic rings. The number of hydrogen-bond donors (Lipinski definition) is 3. The lowest BCUT2D eigenvalue weighted by molar-refractivity contribution is 0.151. The van der Waals surface area contributed by atoms with Crippen LogP contribution in [0.5, 0.6) is 0 Å². The van der Waals surface area contributed by atoms with E-state index in [1.165, 1.54) is 0 Å². The molecule has 12 heavy (non-hydrogen) atoms.